The Balaban J connectivity index is 2.06. The standard InChI is InChI=1S/C6H12BNO2S/c1-7-2-3-8-6(4-7)5-10-11(8)9/h6H,2-5H2,1H3. The van der Waals surface area contributed by atoms with E-state index in [1.807, 2.05) is 4.31 Å². The summed E-state index contributed by atoms with van der Waals surface area (Å²) in [5.41, 5.74) is 0. The first kappa shape index (κ1) is 7.77. The summed E-state index contributed by atoms with van der Waals surface area (Å²) in [6.45, 7) is 4.63. The van der Waals surface area contributed by atoms with Crippen molar-refractivity contribution >= 4 is 18.0 Å². The van der Waals surface area contributed by atoms with Crippen molar-refractivity contribution in [2.45, 2.75) is 25.5 Å². The molecule has 0 radical (unpaired) electrons. The van der Waals surface area contributed by atoms with E-state index in [4.69, 9.17) is 4.18 Å². The van der Waals surface area contributed by atoms with Crippen LogP contribution in [0.3, 0.4) is 0 Å². The molecule has 0 spiro atoms. The maximum Gasteiger partial charge on any atom is 0.237 e. The highest BCUT2D eigenvalue weighted by Gasteiger charge is 2.37. The number of nitrogens with zero attached hydrogens (tertiary/aromatic N) is 1. The van der Waals surface area contributed by atoms with Crippen molar-refractivity contribution in [2.24, 2.45) is 0 Å². The lowest BCUT2D eigenvalue weighted by molar-refractivity contribution is 0.324. The Hall–Kier alpha value is 0.135. The van der Waals surface area contributed by atoms with Gasteiger partial charge in [-0.05, 0) is 0 Å². The van der Waals surface area contributed by atoms with Gasteiger partial charge in [-0.15, -0.1) is 0 Å². The van der Waals surface area contributed by atoms with E-state index >= 15 is 0 Å². The fourth-order valence-corrected chi connectivity index (χ4v) is 2.84. The molecule has 3 nitrogen and oxygen atoms in total. The van der Waals surface area contributed by atoms with Gasteiger partial charge in [0.15, 0.2) is 0 Å². The molecule has 0 aromatic carbocycles. The predicted octanol–water partition coefficient (Wildman–Crippen LogP) is 0.404. The van der Waals surface area contributed by atoms with Gasteiger partial charge in [0.1, 0.15) is 6.71 Å². The summed E-state index contributed by atoms with van der Waals surface area (Å²) in [7, 11) is 0. The van der Waals surface area contributed by atoms with Crippen molar-refractivity contribution in [3.63, 3.8) is 0 Å². The van der Waals surface area contributed by atoms with Crippen LogP contribution in [0.1, 0.15) is 0 Å². The molecule has 0 aromatic rings. The third kappa shape index (κ3) is 1.37. The maximum absolute atomic E-state index is 11.1. The Labute approximate surface area is 70.0 Å². The van der Waals surface area contributed by atoms with Gasteiger partial charge in [0.2, 0.25) is 11.3 Å². The molecule has 2 fully saturated rings. The fourth-order valence-electron chi connectivity index (χ4n) is 1.78. The Bertz CT molecular complexity index is 189. The molecule has 2 aliphatic rings. The molecule has 2 saturated heterocycles. The van der Waals surface area contributed by atoms with Gasteiger partial charge in [0, 0.05) is 12.6 Å². The van der Waals surface area contributed by atoms with Crippen LogP contribution >= 0.6 is 0 Å². The quantitative estimate of drug-likeness (QED) is 0.496. The lowest BCUT2D eigenvalue weighted by Gasteiger charge is -2.27. The highest BCUT2D eigenvalue weighted by molar-refractivity contribution is 7.78. The van der Waals surface area contributed by atoms with E-state index in [9.17, 15) is 4.21 Å². The van der Waals surface area contributed by atoms with E-state index in [0.29, 0.717) is 12.6 Å². The molecule has 11 heavy (non-hydrogen) atoms. The van der Waals surface area contributed by atoms with Crippen LogP contribution in [0.15, 0.2) is 0 Å². The minimum Gasteiger partial charge on any atom is -0.276 e. The highest BCUT2D eigenvalue weighted by atomic mass is 32.2. The van der Waals surface area contributed by atoms with Crippen LogP contribution in [-0.2, 0) is 15.4 Å². The molecule has 0 aromatic heterocycles. The highest BCUT2D eigenvalue weighted by Crippen LogP contribution is 2.25. The Morgan fingerprint density at radius 1 is 1.73 bits per heavy atom. The topological polar surface area (TPSA) is 29.5 Å². The molecular formula is C6H12BNO2S. The molecular weight excluding hydrogens is 161 g/mol. The zero-order valence-corrected chi connectivity index (χ0v) is 7.47. The second-order valence-corrected chi connectivity index (χ2v) is 4.56. The monoisotopic (exact) mass is 173 g/mol. The van der Waals surface area contributed by atoms with E-state index in [1.54, 1.807) is 0 Å². The molecule has 2 aliphatic heterocycles. The van der Waals surface area contributed by atoms with Crippen molar-refractivity contribution in [3.8, 4) is 0 Å². The van der Waals surface area contributed by atoms with E-state index in [1.165, 1.54) is 0 Å². The second kappa shape index (κ2) is 2.88. The van der Waals surface area contributed by atoms with Crippen molar-refractivity contribution < 1.29 is 8.39 Å². The largest absolute Gasteiger partial charge is 0.276 e. The number of hydrogen-bond donors (Lipinski definition) is 0. The SMILES string of the molecule is CB1CCN2C(COS2=O)C1. The summed E-state index contributed by atoms with van der Waals surface area (Å²) in [6.07, 6.45) is 2.30. The van der Waals surface area contributed by atoms with Crippen LogP contribution in [0.4, 0.5) is 0 Å². The third-order valence-electron chi connectivity index (χ3n) is 2.48. The molecule has 2 rings (SSSR count). The summed E-state index contributed by atoms with van der Waals surface area (Å²) in [5, 5.41) is 0. The van der Waals surface area contributed by atoms with Crippen LogP contribution < -0.4 is 0 Å². The van der Waals surface area contributed by atoms with Crippen LogP contribution in [0.5, 0.6) is 0 Å². The smallest absolute Gasteiger partial charge is 0.237 e. The third-order valence-corrected chi connectivity index (χ3v) is 3.68. The molecule has 0 aliphatic carbocycles. The molecule has 0 N–H and O–H groups in total. The Morgan fingerprint density at radius 3 is 3.36 bits per heavy atom. The first-order valence-corrected chi connectivity index (χ1v) is 5.12. The van der Waals surface area contributed by atoms with Crippen LogP contribution in [0, 0.1) is 0 Å². The molecule has 0 bridgehead atoms. The van der Waals surface area contributed by atoms with E-state index in [-0.39, 0.29) is 0 Å². The van der Waals surface area contributed by atoms with E-state index in [0.717, 1.165) is 25.9 Å². The van der Waals surface area contributed by atoms with Gasteiger partial charge in [0.25, 0.3) is 0 Å². The fraction of sp³-hybridized carbons (Fsp3) is 1.00. The van der Waals surface area contributed by atoms with Crippen LogP contribution in [-0.4, -0.2) is 34.4 Å². The van der Waals surface area contributed by atoms with Gasteiger partial charge in [-0.25, -0.2) is 4.21 Å². The molecule has 2 atom stereocenters. The zero-order valence-electron chi connectivity index (χ0n) is 6.66. The summed E-state index contributed by atoms with van der Waals surface area (Å²) in [6, 6.07) is 0.430. The molecule has 2 heterocycles. The molecule has 0 saturated carbocycles. The minimum absolute atomic E-state index is 0.430. The average molecular weight is 173 g/mol. The molecule has 2 unspecified atom stereocenters. The number of rotatable bonds is 0. The predicted molar refractivity (Wildman–Crippen MR) is 45.8 cm³/mol. The van der Waals surface area contributed by atoms with Gasteiger partial charge in [-0.2, -0.15) is 4.31 Å². The van der Waals surface area contributed by atoms with E-state index in [2.05, 4.69) is 6.82 Å². The van der Waals surface area contributed by atoms with Crippen molar-refractivity contribution in [3.05, 3.63) is 0 Å². The zero-order chi connectivity index (χ0) is 7.84. The molecule has 62 valence electrons. The first-order valence-electron chi connectivity index (χ1n) is 4.09. The van der Waals surface area contributed by atoms with Gasteiger partial charge >= 0.3 is 0 Å². The maximum atomic E-state index is 11.1. The van der Waals surface area contributed by atoms with Gasteiger partial charge in [-0.3, -0.25) is 4.18 Å². The van der Waals surface area contributed by atoms with Crippen molar-refractivity contribution in [1.29, 1.82) is 0 Å². The summed E-state index contributed by atoms with van der Waals surface area (Å²) >= 11 is -1.12. The second-order valence-electron chi connectivity index (χ2n) is 3.43. The van der Waals surface area contributed by atoms with Gasteiger partial charge in [-0.1, -0.05) is 19.5 Å². The van der Waals surface area contributed by atoms with Crippen molar-refractivity contribution in [1.82, 2.24) is 4.31 Å². The normalized spacial score (nSPS) is 39.2. The number of hydrogen-bond acceptors (Lipinski definition) is 2. The van der Waals surface area contributed by atoms with Crippen LogP contribution in [0.2, 0.25) is 19.5 Å². The number of fused-ring (bicyclic) bond motifs is 1. The molecule has 0 amide bonds. The van der Waals surface area contributed by atoms with Crippen molar-refractivity contribution in [2.75, 3.05) is 13.2 Å². The minimum atomic E-state index is -1.12. The molecule has 5 heteroatoms. The Kier molecular flexibility index (Phi) is 2.03. The average Bonchev–Trinajstić information content (AvgIpc) is 2.32. The summed E-state index contributed by atoms with van der Waals surface area (Å²) in [4.78, 5) is 0. The lowest BCUT2D eigenvalue weighted by Crippen LogP contribution is -2.41. The summed E-state index contributed by atoms with van der Waals surface area (Å²) < 4.78 is 18.1. The van der Waals surface area contributed by atoms with E-state index < -0.39 is 11.3 Å². The first-order chi connectivity index (χ1) is 5.27. The van der Waals surface area contributed by atoms with Crippen LogP contribution in [0.25, 0.3) is 0 Å². The lowest BCUT2D eigenvalue weighted by atomic mass is 9.44. The summed E-state index contributed by atoms with van der Waals surface area (Å²) in [5.74, 6) is 0. The van der Waals surface area contributed by atoms with Gasteiger partial charge < -0.3 is 0 Å². The Morgan fingerprint density at radius 2 is 2.55 bits per heavy atom. The van der Waals surface area contributed by atoms with Gasteiger partial charge in [0.05, 0.1) is 6.61 Å².